The molecular formula is C11H13BrOS. The van der Waals surface area contributed by atoms with Gasteiger partial charge in [0, 0.05) is 21.0 Å². The van der Waals surface area contributed by atoms with Crippen LogP contribution < -0.4 is 0 Å². The van der Waals surface area contributed by atoms with E-state index in [1.54, 1.807) is 18.7 Å². The van der Waals surface area contributed by atoms with Gasteiger partial charge in [0.25, 0.3) is 0 Å². The van der Waals surface area contributed by atoms with E-state index in [4.69, 9.17) is 0 Å². The molecule has 0 fully saturated rings. The lowest BCUT2D eigenvalue weighted by molar-refractivity contribution is -0.116. The fourth-order valence-corrected chi connectivity index (χ4v) is 2.53. The van der Waals surface area contributed by atoms with Gasteiger partial charge in [-0.1, -0.05) is 22.9 Å². The maximum absolute atomic E-state index is 10.9. The third kappa shape index (κ3) is 4.29. The largest absolute Gasteiger partial charge is 0.300 e. The van der Waals surface area contributed by atoms with E-state index in [9.17, 15) is 4.79 Å². The third-order valence-corrected chi connectivity index (χ3v) is 3.37. The Bertz CT molecular complexity index is 308. The number of carbonyl (C=O) groups is 1. The van der Waals surface area contributed by atoms with Crippen molar-refractivity contribution in [1.29, 1.82) is 0 Å². The van der Waals surface area contributed by atoms with Crippen LogP contribution in [0.1, 0.15) is 20.3 Å². The minimum atomic E-state index is 0.252. The van der Waals surface area contributed by atoms with Crippen molar-refractivity contribution in [2.75, 3.05) is 0 Å². The van der Waals surface area contributed by atoms with E-state index >= 15 is 0 Å². The highest BCUT2D eigenvalue weighted by Crippen LogP contribution is 2.26. The molecule has 1 nitrogen and oxygen atoms in total. The van der Waals surface area contributed by atoms with Crippen LogP contribution in [0.25, 0.3) is 0 Å². The molecule has 0 aliphatic heterocycles. The first-order valence-corrected chi connectivity index (χ1v) is 6.17. The maximum Gasteiger partial charge on any atom is 0.130 e. The van der Waals surface area contributed by atoms with Crippen molar-refractivity contribution in [2.45, 2.75) is 30.4 Å². The third-order valence-electron chi connectivity index (χ3n) is 1.73. The zero-order valence-corrected chi connectivity index (χ0v) is 10.7. The van der Waals surface area contributed by atoms with Crippen LogP contribution in [-0.2, 0) is 4.79 Å². The molecular weight excluding hydrogens is 260 g/mol. The normalized spacial score (nSPS) is 12.5. The van der Waals surface area contributed by atoms with Crippen molar-refractivity contribution in [2.24, 2.45) is 0 Å². The summed E-state index contributed by atoms with van der Waals surface area (Å²) in [4.78, 5) is 12.1. The van der Waals surface area contributed by atoms with Gasteiger partial charge in [-0.3, -0.25) is 4.79 Å². The summed E-state index contributed by atoms with van der Waals surface area (Å²) in [5.74, 6) is 0.252. The van der Waals surface area contributed by atoms with Gasteiger partial charge < -0.3 is 0 Å². The Morgan fingerprint density at radius 1 is 1.43 bits per heavy atom. The lowest BCUT2D eigenvalue weighted by atomic mass is 10.2. The summed E-state index contributed by atoms with van der Waals surface area (Å²) in [6, 6.07) is 8.16. The molecule has 0 aliphatic rings. The first kappa shape index (κ1) is 11.8. The Labute approximate surface area is 97.4 Å². The van der Waals surface area contributed by atoms with Crippen molar-refractivity contribution in [3.8, 4) is 0 Å². The molecule has 14 heavy (non-hydrogen) atoms. The number of carbonyl (C=O) groups excluding carboxylic acids is 1. The van der Waals surface area contributed by atoms with Gasteiger partial charge in [-0.05, 0) is 31.2 Å². The number of halogens is 1. The summed E-state index contributed by atoms with van der Waals surface area (Å²) in [6.45, 7) is 3.72. The van der Waals surface area contributed by atoms with E-state index < -0.39 is 0 Å². The first-order chi connectivity index (χ1) is 6.58. The molecule has 76 valence electrons. The van der Waals surface area contributed by atoms with Gasteiger partial charge in [0.2, 0.25) is 0 Å². The smallest absolute Gasteiger partial charge is 0.130 e. The highest BCUT2D eigenvalue weighted by Gasteiger charge is 2.06. The van der Waals surface area contributed by atoms with E-state index in [1.165, 1.54) is 4.90 Å². The number of Topliss-reactive ketones (excluding diaryl/α,β-unsaturated/α-hetero) is 1. The van der Waals surface area contributed by atoms with E-state index in [0.717, 1.165) is 4.47 Å². The van der Waals surface area contributed by atoms with Crippen molar-refractivity contribution < 1.29 is 4.79 Å². The lowest BCUT2D eigenvalue weighted by Gasteiger charge is -2.08. The summed E-state index contributed by atoms with van der Waals surface area (Å²) >= 11 is 5.13. The summed E-state index contributed by atoms with van der Waals surface area (Å²) in [7, 11) is 0. The minimum absolute atomic E-state index is 0.252. The van der Waals surface area contributed by atoms with Gasteiger partial charge in [-0.25, -0.2) is 0 Å². The minimum Gasteiger partial charge on any atom is -0.300 e. The molecule has 0 saturated carbocycles. The summed E-state index contributed by atoms with van der Waals surface area (Å²) in [5.41, 5.74) is 0. The van der Waals surface area contributed by atoms with Crippen molar-refractivity contribution in [1.82, 2.24) is 0 Å². The van der Waals surface area contributed by atoms with Crippen LogP contribution in [0.15, 0.2) is 33.6 Å². The van der Waals surface area contributed by atoms with Gasteiger partial charge in [-0.2, -0.15) is 0 Å². The number of thioether (sulfide) groups is 1. The standard InChI is InChI=1S/C11H13BrOS/c1-8(13)7-9(2)14-11-5-3-10(12)4-6-11/h3-6,9H,7H2,1-2H3. The number of ketones is 1. The average Bonchev–Trinajstić information content (AvgIpc) is 2.07. The van der Waals surface area contributed by atoms with E-state index in [0.29, 0.717) is 11.7 Å². The number of hydrogen-bond acceptors (Lipinski definition) is 2. The van der Waals surface area contributed by atoms with Gasteiger partial charge >= 0.3 is 0 Å². The Kier molecular flexibility index (Phi) is 4.69. The van der Waals surface area contributed by atoms with Gasteiger partial charge in [0.05, 0.1) is 0 Å². The van der Waals surface area contributed by atoms with Crippen LogP contribution in [0, 0.1) is 0 Å². The summed E-state index contributed by atoms with van der Waals surface area (Å²) in [5, 5.41) is 0.355. The Hall–Kier alpha value is -0.280. The Morgan fingerprint density at radius 2 is 2.00 bits per heavy atom. The van der Waals surface area contributed by atoms with Crippen molar-refractivity contribution in [3.63, 3.8) is 0 Å². The Balaban J connectivity index is 2.51. The molecule has 1 unspecified atom stereocenters. The van der Waals surface area contributed by atoms with Crippen LogP contribution in [0.5, 0.6) is 0 Å². The lowest BCUT2D eigenvalue weighted by Crippen LogP contribution is -2.02. The molecule has 0 spiro atoms. The van der Waals surface area contributed by atoms with Crippen molar-refractivity contribution in [3.05, 3.63) is 28.7 Å². The zero-order valence-electron chi connectivity index (χ0n) is 8.29. The van der Waals surface area contributed by atoms with E-state index in [1.807, 2.05) is 12.1 Å². The molecule has 1 aromatic carbocycles. The second-order valence-electron chi connectivity index (χ2n) is 3.29. The molecule has 0 amide bonds. The molecule has 0 bridgehead atoms. The quantitative estimate of drug-likeness (QED) is 0.774. The fourth-order valence-electron chi connectivity index (χ4n) is 1.19. The predicted molar refractivity (Wildman–Crippen MR) is 64.8 cm³/mol. The zero-order chi connectivity index (χ0) is 10.6. The molecule has 0 radical (unpaired) electrons. The summed E-state index contributed by atoms with van der Waals surface area (Å²) < 4.78 is 1.08. The van der Waals surface area contributed by atoms with E-state index in [2.05, 4.69) is 35.0 Å². The van der Waals surface area contributed by atoms with E-state index in [-0.39, 0.29) is 5.78 Å². The molecule has 3 heteroatoms. The SMILES string of the molecule is CC(=O)CC(C)Sc1ccc(Br)cc1. The molecule has 1 rings (SSSR count). The predicted octanol–water partition coefficient (Wildman–Crippen LogP) is 3.91. The number of rotatable bonds is 4. The van der Waals surface area contributed by atoms with Crippen LogP contribution in [0.2, 0.25) is 0 Å². The van der Waals surface area contributed by atoms with Crippen LogP contribution in [-0.4, -0.2) is 11.0 Å². The van der Waals surface area contributed by atoms with Crippen LogP contribution in [0.3, 0.4) is 0 Å². The molecule has 0 N–H and O–H groups in total. The molecule has 0 heterocycles. The fraction of sp³-hybridized carbons (Fsp3) is 0.364. The Morgan fingerprint density at radius 3 is 2.50 bits per heavy atom. The number of hydrogen-bond donors (Lipinski definition) is 0. The highest BCUT2D eigenvalue weighted by atomic mass is 79.9. The molecule has 0 aromatic heterocycles. The van der Waals surface area contributed by atoms with Crippen LogP contribution in [0.4, 0.5) is 0 Å². The highest BCUT2D eigenvalue weighted by molar-refractivity contribution is 9.10. The average molecular weight is 273 g/mol. The topological polar surface area (TPSA) is 17.1 Å². The maximum atomic E-state index is 10.9. The summed E-state index contributed by atoms with van der Waals surface area (Å²) in [6.07, 6.45) is 0.640. The second-order valence-corrected chi connectivity index (χ2v) is 5.72. The van der Waals surface area contributed by atoms with Gasteiger partial charge in [0.15, 0.2) is 0 Å². The second kappa shape index (κ2) is 5.56. The molecule has 0 aliphatic carbocycles. The molecule has 1 aromatic rings. The number of benzene rings is 1. The van der Waals surface area contributed by atoms with Crippen molar-refractivity contribution >= 4 is 33.5 Å². The van der Waals surface area contributed by atoms with Gasteiger partial charge in [-0.15, -0.1) is 11.8 Å². The molecule has 1 atom stereocenters. The molecule has 0 saturated heterocycles. The first-order valence-electron chi connectivity index (χ1n) is 4.49. The van der Waals surface area contributed by atoms with Crippen LogP contribution >= 0.6 is 27.7 Å². The van der Waals surface area contributed by atoms with Gasteiger partial charge in [0.1, 0.15) is 5.78 Å². The monoisotopic (exact) mass is 272 g/mol.